The lowest BCUT2D eigenvalue weighted by Gasteiger charge is -2.34. The van der Waals surface area contributed by atoms with Crippen molar-refractivity contribution >= 4 is 17.8 Å². The van der Waals surface area contributed by atoms with Gasteiger partial charge in [-0.2, -0.15) is 0 Å². The van der Waals surface area contributed by atoms with Gasteiger partial charge in [0, 0.05) is 37.9 Å². The van der Waals surface area contributed by atoms with Crippen LogP contribution in [0.15, 0.2) is 30.3 Å². The summed E-state index contributed by atoms with van der Waals surface area (Å²) in [6, 6.07) is 10.4. The Morgan fingerprint density at radius 2 is 1.78 bits per heavy atom. The fourth-order valence-corrected chi connectivity index (χ4v) is 4.31. The SMILES string of the molecule is O=C(O)CC[C@@]1(CCC(=O)N2CCC(c3ccccc3)CC2)CCC(=O)N1. The number of benzene rings is 1. The van der Waals surface area contributed by atoms with Gasteiger partial charge in [0.1, 0.15) is 0 Å². The molecule has 0 bridgehead atoms. The third-order valence-corrected chi connectivity index (χ3v) is 5.99. The first-order valence-electron chi connectivity index (χ1n) is 9.83. The van der Waals surface area contributed by atoms with Gasteiger partial charge >= 0.3 is 5.97 Å². The van der Waals surface area contributed by atoms with Crippen molar-refractivity contribution in [2.24, 2.45) is 0 Å². The van der Waals surface area contributed by atoms with Crippen molar-refractivity contribution in [1.82, 2.24) is 10.2 Å². The number of carbonyl (C=O) groups is 3. The maximum atomic E-state index is 12.7. The maximum absolute atomic E-state index is 12.7. The molecular formula is C21H28N2O4. The largest absolute Gasteiger partial charge is 0.481 e. The third kappa shape index (κ3) is 5.08. The number of piperidine rings is 1. The van der Waals surface area contributed by atoms with Gasteiger partial charge in [0.15, 0.2) is 0 Å². The Hall–Kier alpha value is -2.37. The first-order valence-corrected chi connectivity index (χ1v) is 9.83. The van der Waals surface area contributed by atoms with E-state index in [2.05, 4.69) is 29.6 Å². The number of carboxylic acid groups (broad SMARTS) is 1. The molecule has 0 saturated carbocycles. The van der Waals surface area contributed by atoms with E-state index in [0.717, 1.165) is 25.9 Å². The highest BCUT2D eigenvalue weighted by Crippen LogP contribution is 2.32. The van der Waals surface area contributed by atoms with Crippen LogP contribution in [0.4, 0.5) is 0 Å². The van der Waals surface area contributed by atoms with Crippen LogP contribution in [0.25, 0.3) is 0 Å². The molecule has 2 saturated heterocycles. The molecule has 2 N–H and O–H groups in total. The molecule has 2 aliphatic rings. The number of aliphatic carboxylic acids is 1. The molecule has 6 nitrogen and oxygen atoms in total. The number of hydrogen-bond donors (Lipinski definition) is 2. The Morgan fingerprint density at radius 1 is 1.11 bits per heavy atom. The second-order valence-corrected chi connectivity index (χ2v) is 7.79. The van der Waals surface area contributed by atoms with Gasteiger partial charge < -0.3 is 15.3 Å². The first kappa shape index (κ1) is 19.4. The molecule has 2 aliphatic heterocycles. The van der Waals surface area contributed by atoms with Gasteiger partial charge in [-0.3, -0.25) is 14.4 Å². The molecule has 2 amide bonds. The molecule has 27 heavy (non-hydrogen) atoms. The minimum Gasteiger partial charge on any atom is -0.481 e. The van der Waals surface area contributed by atoms with E-state index < -0.39 is 11.5 Å². The van der Waals surface area contributed by atoms with Crippen molar-refractivity contribution in [3.63, 3.8) is 0 Å². The molecule has 2 heterocycles. The molecule has 1 aromatic rings. The van der Waals surface area contributed by atoms with Crippen LogP contribution in [0.2, 0.25) is 0 Å². The first-order chi connectivity index (χ1) is 13.0. The zero-order valence-corrected chi connectivity index (χ0v) is 15.7. The number of carbonyl (C=O) groups excluding carboxylic acids is 2. The second-order valence-electron chi connectivity index (χ2n) is 7.79. The Labute approximate surface area is 159 Å². The standard InChI is InChI=1S/C21H28N2O4/c24-18-6-11-21(22-18,13-8-20(26)27)12-7-19(25)23-14-9-17(10-15-23)16-4-2-1-3-5-16/h1-5,17H,6-15H2,(H,22,24)(H,26,27)/t21-/m0/s1. The number of likely N-dealkylation sites (tertiary alicyclic amines) is 1. The Kier molecular flexibility index (Phi) is 6.14. The number of carboxylic acids is 1. The van der Waals surface area contributed by atoms with E-state index in [9.17, 15) is 14.4 Å². The summed E-state index contributed by atoms with van der Waals surface area (Å²) in [7, 11) is 0. The summed E-state index contributed by atoms with van der Waals surface area (Å²) in [5, 5.41) is 11.9. The summed E-state index contributed by atoms with van der Waals surface area (Å²) >= 11 is 0. The highest BCUT2D eigenvalue weighted by molar-refractivity contribution is 5.80. The van der Waals surface area contributed by atoms with Crippen molar-refractivity contribution in [2.45, 2.75) is 62.8 Å². The van der Waals surface area contributed by atoms with Crippen molar-refractivity contribution in [1.29, 1.82) is 0 Å². The van der Waals surface area contributed by atoms with Crippen LogP contribution in [0.3, 0.4) is 0 Å². The van der Waals surface area contributed by atoms with Crippen LogP contribution in [0.1, 0.15) is 62.8 Å². The van der Waals surface area contributed by atoms with Crippen LogP contribution in [-0.4, -0.2) is 46.4 Å². The molecular weight excluding hydrogens is 344 g/mol. The molecule has 0 spiro atoms. The molecule has 0 aliphatic carbocycles. The molecule has 6 heteroatoms. The minimum atomic E-state index is -0.871. The molecule has 1 aromatic carbocycles. The van der Waals surface area contributed by atoms with E-state index in [4.69, 9.17) is 5.11 Å². The summed E-state index contributed by atoms with van der Waals surface area (Å²) in [5.74, 6) is -0.301. The zero-order chi connectivity index (χ0) is 19.3. The number of nitrogens with one attached hydrogen (secondary N) is 1. The number of hydrogen-bond acceptors (Lipinski definition) is 3. The van der Waals surface area contributed by atoms with Gasteiger partial charge in [-0.15, -0.1) is 0 Å². The van der Waals surface area contributed by atoms with Crippen molar-refractivity contribution in [2.75, 3.05) is 13.1 Å². The molecule has 0 aromatic heterocycles. The lowest BCUT2D eigenvalue weighted by Crippen LogP contribution is -2.44. The fourth-order valence-electron chi connectivity index (χ4n) is 4.31. The minimum absolute atomic E-state index is 0.0109. The predicted octanol–water partition coefficient (Wildman–Crippen LogP) is 2.69. The van der Waals surface area contributed by atoms with E-state index in [1.807, 2.05) is 11.0 Å². The normalized spacial score (nSPS) is 23.3. The third-order valence-electron chi connectivity index (χ3n) is 5.99. The highest BCUT2D eigenvalue weighted by atomic mass is 16.4. The fraction of sp³-hybridized carbons (Fsp3) is 0.571. The Balaban J connectivity index is 1.50. The lowest BCUT2D eigenvalue weighted by molar-refractivity contribution is -0.137. The van der Waals surface area contributed by atoms with E-state index in [1.54, 1.807) is 0 Å². The van der Waals surface area contributed by atoms with Gasteiger partial charge in [0.2, 0.25) is 11.8 Å². The summed E-state index contributed by atoms with van der Waals surface area (Å²) in [4.78, 5) is 37.2. The van der Waals surface area contributed by atoms with Crippen LogP contribution in [0.5, 0.6) is 0 Å². The topological polar surface area (TPSA) is 86.7 Å². The van der Waals surface area contributed by atoms with E-state index >= 15 is 0 Å². The van der Waals surface area contributed by atoms with Crippen molar-refractivity contribution in [3.05, 3.63) is 35.9 Å². The maximum Gasteiger partial charge on any atom is 0.303 e. The highest BCUT2D eigenvalue weighted by Gasteiger charge is 2.38. The summed E-state index contributed by atoms with van der Waals surface area (Å²) < 4.78 is 0. The Bertz CT molecular complexity index is 683. The van der Waals surface area contributed by atoms with Crippen LogP contribution in [0, 0.1) is 0 Å². The zero-order valence-electron chi connectivity index (χ0n) is 15.7. The quantitative estimate of drug-likeness (QED) is 0.770. The lowest BCUT2D eigenvalue weighted by atomic mass is 9.86. The van der Waals surface area contributed by atoms with Gasteiger partial charge in [-0.25, -0.2) is 0 Å². The number of nitrogens with zero attached hydrogens (tertiary/aromatic N) is 1. The van der Waals surface area contributed by atoms with Crippen LogP contribution in [-0.2, 0) is 14.4 Å². The van der Waals surface area contributed by atoms with Crippen molar-refractivity contribution in [3.8, 4) is 0 Å². The molecule has 3 rings (SSSR count). The number of amides is 2. The predicted molar refractivity (Wildman–Crippen MR) is 101 cm³/mol. The van der Waals surface area contributed by atoms with E-state index in [0.29, 0.717) is 38.0 Å². The van der Waals surface area contributed by atoms with Gasteiger partial charge in [0.25, 0.3) is 0 Å². The summed E-state index contributed by atoms with van der Waals surface area (Å²) in [6.07, 6.45) is 4.24. The van der Waals surface area contributed by atoms with Crippen LogP contribution >= 0.6 is 0 Å². The van der Waals surface area contributed by atoms with Gasteiger partial charge in [-0.1, -0.05) is 30.3 Å². The molecule has 0 unspecified atom stereocenters. The van der Waals surface area contributed by atoms with Gasteiger partial charge in [0.05, 0.1) is 0 Å². The Morgan fingerprint density at radius 3 is 2.37 bits per heavy atom. The molecule has 1 atom stereocenters. The van der Waals surface area contributed by atoms with Crippen LogP contribution < -0.4 is 5.32 Å². The van der Waals surface area contributed by atoms with E-state index in [-0.39, 0.29) is 18.2 Å². The molecule has 146 valence electrons. The number of rotatable bonds is 7. The summed E-state index contributed by atoms with van der Waals surface area (Å²) in [5.41, 5.74) is 0.805. The monoisotopic (exact) mass is 372 g/mol. The molecule has 2 fully saturated rings. The van der Waals surface area contributed by atoms with Crippen molar-refractivity contribution < 1.29 is 19.5 Å². The average molecular weight is 372 g/mol. The smallest absolute Gasteiger partial charge is 0.303 e. The van der Waals surface area contributed by atoms with E-state index in [1.165, 1.54) is 5.56 Å². The summed E-state index contributed by atoms with van der Waals surface area (Å²) in [6.45, 7) is 1.51. The second kappa shape index (κ2) is 8.55. The van der Waals surface area contributed by atoms with Gasteiger partial charge in [-0.05, 0) is 43.6 Å². The molecule has 0 radical (unpaired) electrons. The average Bonchev–Trinajstić information content (AvgIpc) is 3.07.